The summed E-state index contributed by atoms with van der Waals surface area (Å²) in [6.45, 7) is 1.64. The molecule has 0 bridgehead atoms. The Kier molecular flexibility index (Phi) is 4.87. The van der Waals surface area contributed by atoms with Crippen molar-refractivity contribution >= 4 is 5.91 Å². The first kappa shape index (κ1) is 16.8. The molecule has 0 spiro atoms. The molecule has 1 N–H and O–H groups in total. The Labute approximate surface area is 143 Å². The highest BCUT2D eigenvalue weighted by molar-refractivity contribution is 5.77. The fourth-order valence-corrected chi connectivity index (χ4v) is 2.51. The summed E-state index contributed by atoms with van der Waals surface area (Å²) >= 11 is 0. The van der Waals surface area contributed by atoms with Crippen molar-refractivity contribution in [1.82, 2.24) is 25.2 Å². The molecule has 7 nitrogen and oxygen atoms in total. The summed E-state index contributed by atoms with van der Waals surface area (Å²) in [4.78, 5) is 16.5. The third kappa shape index (κ3) is 4.09. The zero-order valence-electron chi connectivity index (χ0n) is 13.9. The van der Waals surface area contributed by atoms with Crippen LogP contribution in [0.25, 0.3) is 0 Å². The van der Waals surface area contributed by atoms with Crippen molar-refractivity contribution in [1.29, 1.82) is 0 Å². The van der Waals surface area contributed by atoms with E-state index < -0.39 is 11.9 Å². The Morgan fingerprint density at radius 1 is 1.40 bits per heavy atom. The van der Waals surface area contributed by atoms with Crippen molar-refractivity contribution in [3.8, 4) is 0 Å². The lowest BCUT2D eigenvalue weighted by molar-refractivity contribution is -0.121. The van der Waals surface area contributed by atoms with Gasteiger partial charge in [-0.3, -0.25) is 9.48 Å². The highest BCUT2D eigenvalue weighted by Crippen LogP contribution is 2.22. The predicted octanol–water partition coefficient (Wildman–Crippen LogP) is 2.09. The molecule has 1 amide bonds. The van der Waals surface area contributed by atoms with Crippen LogP contribution in [0.1, 0.15) is 35.3 Å². The molecule has 0 radical (unpaired) electrons. The first-order chi connectivity index (χ1) is 12.0. The van der Waals surface area contributed by atoms with Crippen LogP contribution < -0.4 is 5.32 Å². The molecule has 2 heterocycles. The summed E-state index contributed by atoms with van der Waals surface area (Å²) < 4.78 is 20.8. The van der Waals surface area contributed by atoms with Crippen molar-refractivity contribution in [3.63, 3.8) is 0 Å². The summed E-state index contributed by atoms with van der Waals surface area (Å²) in [5, 5.41) is 10.7. The van der Waals surface area contributed by atoms with Crippen molar-refractivity contribution in [2.75, 3.05) is 0 Å². The third-order valence-corrected chi connectivity index (χ3v) is 3.72. The Balaban J connectivity index is 1.75. The van der Waals surface area contributed by atoms with E-state index in [0.29, 0.717) is 12.3 Å². The van der Waals surface area contributed by atoms with Gasteiger partial charge in [0.2, 0.25) is 11.8 Å². The second-order valence-corrected chi connectivity index (χ2v) is 5.72. The zero-order chi connectivity index (χ0) is 17.8. The SMILES string of the molecule is Cc1nc([C@@H](NC(=O)CCc2cnn(C)c2)c2ccccc2F)no1. The largest absolute Gasteiger partial charge is 0.342 e. The molecule has 0 aliphatic carbocycles. The molecule has 25 heavy (non-hydrogen) atoms. The molecule has 3 aromatic rings. The first-order valence-corrected chi connectivity index (χ1v) is 7.84. The normalized spacial score (nSPS) is 12.1. The summed E-state index contributed by atoms with van der Waals surface area (Å²) in [5.41, 5.74) is 1.24. The van der Waals surface area contributed by atoms with Crippen LogP contribution in [0, 0.1) is 12.7 Å². The number of amides is 1. The van der Waals surface area contributed by atoms with E-state index in [4.69, 9.17) is 4.52 Å². The Morgan fingerprint density at radius 2 is 2.20 bits per heavy atom. The number of halogens is 1. The van der Waals surface area contributed by atoms with Crippen LogP contribution in [0.5, 0.6) is 0 Å². The van der Waals surface area contributed by atoms with Gasteiger partial charge in [-0.25, -0.2) is 4.39 Å². The molecule has 0 unspecified atom stereocenters. The molecule has 3 rings (SSSR count). The lowest BCUT2D eigenvalue weighted by Gasteiger charge is -2.16. The van der Waals surface area contributed by atoms with Gasteiger partial charge >= 0.3 is 0 Å². The molecule has 130 valence electrons. The van der Waals surface area contributed by atoms with Gasteiger partial charge in [-0.15, -0.1) is 0 Å². The van der Waals surface area contributed by atoms with E-state index in [2.05, 4.69) is 20.6 Å². The lowest BCUT2D eigenvalue weighted by atomic mass is 10.0. The summed E-state index contributed by atoms with van der Waals surface area (Å²) in [6, 6.07) is 5.39. The smallest absolute Gasteiger partial charge is 0.223 e. The van der Waals surface area contributed by atoms with Gasteiger partial charge in [-0.1, -0.05) is 23.4 Å². The Bertz CT molecular complexity index is 873. The summed E-state index contributed by atoms with van der Waals surface area (Å²) in [5.74, 6) is -0.111. The highest BCUT2D eigenvalue weighted by Gasteiger charge is 2.24. The maximum Gasteiger partial charge on any atom is 0.223 e. The fraction of sp³-hybridized carbons (Fsp3) is 0.294. The molecule has 0 saturated carbocycles. The summed E-state index contributed by atoms with van der Waals surface area (Å²) in [7, 11) is 1.82. The average molecular weight is 343 g/mol. The van der Waals surface area contributed by atoms with Crippen molar-refractivity contribution in [2.24, 2.45) is 7.05 Å². The zero-order valence-corrected chi connectivity index (χ0v) is 13.9. The van der Waals surface area contributed by atoms with Crippen LogP contribution >= 0.6 is 0 Å². The van der Waals surface area contributed by atoms with Crippen LogP contribution in [0.4, 0.5) is 4.39 Å². The number of nitrogens with zero attached hydrogens (tertiary/aromatic N) is 4. The number of carbonyl (C=O) groups is 1. The highest BCUT2D eigenvalue weighted by atomic mass is 19.1. The van der Waals surface area contributed by atoms with Crippen molar-refractivity contribution < 1.29 is 13.7 Å². The molecular weight excluding hydrogens is 325 g/mol. The number of benzene rings is 1. The molecule has 1 aromatic carbocycles. The average Bonchev–Trinajstić information content (AvgIpc) is 3.20. The van der Waals surface area contributed by atoms with Gasteiger partial charge in [0.25, 0.3) is 0 Å². The molecule has 2 aromatic heterocycles. The Morgan fingerprint density at radius 3 is 2.84 bits per heavy atom. The molecule has 0 aliphatic rings. The van der Waals surface area contributed by atoms with Crippen LogP contribution in [-0.2, 0) is 18.3 Å². The standard InChI is InChI=1S/C17H18FN5O2/c1-11-20-17(22-25-11)16(13-5-3-4-6-14(13)18)21-15(24)8-7-12-9-19-23(2)10-12/h3-6,9-10,16H,7-8H2,1-2H3,(H,21,24)/t16-/m0/s1. The van der Waals surface area contributed by atoms with Crippen molar-refractivity contribution in [2.45, 2.75) is 25.8 Å². The number of nitrogens with one attached hydrogen (secondary N) is 1. The van der Waals surface area contributed by atoms with Gasteiger partial charge in [0.15, 0.2) is 5.82 Å². The number of rotatable bonds is 6. The van der Waals surface area contributed by atoms with Gasteiger partial charge < -0.3 is 9.84 Å². The van der Waals surface area contributed by atoms with Gasteiger partial charge in [0.05, 0.1) is 6.20 Å². The van der Waals surface area contributed by atoms with Gasteiger partial charge in [-0.2, -0.15) is 10.1 Å². The number of aromatic nitrogens is 4. The van der Waals surface area contributed by atoms with Crippen LogP contribution in [0.15, 0.2) is 41.2 Å². The van der Waals surface area contributed by atoms with Gasteiger partial charge in [-0.05, 0) is 18.1 Å². The number of hydrogen-bond acceptors (Lipinski definition) is 5. The van der Waals surface area contributed by atoms with E-state index >= 15 is 0 Å². The number of aryl methyl sites for hydroxylation is 3. The third-order valence-electron chi connectivity index (χ3n) is 3.72. The summed E-state index contributed by atoms with van der Waals surface area (Å²) in [6.07, 6.45) is 4.34. The minimum Gasteiger partial charge on any atom is -0.342 e. The Hall–Kier alpha value is -3.03. The quantitative estimate of drug-likeness (QED) is 0.741. The van der Waals surface area contributed by atoms with E-state index in [1.165, 1.54) is 6.07 Å². The number of carbonyl (C=O) groups excluding carboxylic acids is 1. The van der Waals surface area contributed by atoms with E-state index in [1.807, 2.05) is 13.2 Å². The maximum atomic E-state index is 14.2. The second-order valence-electron chi connectivity index (χ2n) is 5.72. The van der Waals surface area contributed by atoms with Crippen LogP contribution in [-0.4, -0.2) is 25.8 Å². The van der Waals surface area contributed by atoms with Gasteiger partial charge in [0, 0.05) is 32.2 Å². The molecule has 0 fully saturated rings. The first-order valence-electron chi connectivity index (χ1n) is 7.84. The van der Waals surface area contributed by atoms with E-state index in [0.717, 1.165) is 5.56 Å². The molecule has 0 aliphatic heterocycles. The van der Waals surface area contributed by atoms with E-state index in [1.54, 1.807) is 36.0 Å². The van der Waals surface area contributed by atoms with Crippen molar-refractivity contribution in [3.05, 3.63) is 65.3 Å². The second kappa shape index (κ2) is 7.25. The topological polar surface area (TPSA) is 85.8 Å². The maximum absolute atomic E-state index is 14.2. The van der Waals surface area contributed by atoms with E-state index in [-0.39, 0.29) is 23.7 Å². The van der Waals surface area contributed by atoms with Crippen LogP contribution in [0.3, 0.4) is 0 Å². The minimum absolute atomic E-state index is 0.220. The molecular formula is C17H18FN5O2. The predicted molar refractivity (Wildman–Crippen MR) is 86.9 cm³/mol. The lowest BCUT2D eigenvalue weighted by Crippen LogP contribution is -2.30. The fourth-order valence-electron chi connectivity index (χ4n) is 2.51. The van der Waals surface area contributed by atoms with E-state index in [9.17, 15) is 9.18 Å². The van der Waals surface area contributed by atoms with Crippen LogP contribution in [0.2, 0.25) is 0 Å². The van der Waals surface area contributed by atoms with Gasteiger partial charge in [0.1, 0.15) is 11.9 Å². The minimum atomic E-state index is -0.806. The monoisotopic (exact) mass is 343 g/mol. The molecule has 8 heteroatoms. The molecule has 0 saturated heterocycles. The number of hydrogen-bond donors (Lipinski definition) is 1. The molecule has 1 atom stereocenters.